The molecule has 1 nitrogen and oxygen atoms in total. The fraction of sp³-hybridized carbons (Fsp3) is 0.467. The van der Waals surface area contributed by atoms with E-state index in [1.165, 1.54) is 12.1 Å². The van der Waals surface area contributed by atoms with Crippen LogP contribution in [0.4, 0.5) is 13.2 Å². The van der Waals surface area contributed by atoms with E-state index in [1.54, 1.807) is 0 Å². The van der Waals surface area contributed by atoms with Gasteiger partial charge in [-0.2, -0.15) is 24.9 Å². The topological polar surface area (TPSA) is 9.23 Å². The summed E-state index contributed by atoms with van der Waals surface area (Å²) >= 11 is 1.81. The number of rotatable bonds is 3. The van der Waals surface area contributed by atoms with E-state index in [1.807, 2.05) is 23.9 Å². The molecular formula is C15H17F3OS. The summed E-state index contributed by atoms with van der Waals surface area (Å²) in [5.41, 5.74) is 0.139. The second kappa shape index (κ2) is 6.68. The van der Waals surface area contributed by atoms with E-state index in [-0.39, 0.29) is 6.10 Å². The minimum atomic E-state index is -4.28. The number of halogens is 3. The van der Waals surface area contributed by atoms with Crippen molar-refractivity contribution in [3.05, 3.63) is 41.5 Å². The molecule has 20 heavy (non-hydrogen) atoms. The summed E-state index contributed by atoms with van der Waals surface area (Å²) in [6, 6.07) is 5.16. The average Bonchev–Trinajstić information content (AvgIpc) is 2.45. The number of hydrogen-bond donors (Lipinski definition) is 0. The quantitative estimate of drug-likeness (QED) is 0.805. The normalized spacial score (nSPS) is 24.2. The molecule has 1 saturated heterocycles. The third kappa shape index (κ3) is 4.28. The first kappa shape index (κ1) is 15.4. The SMILES string of the molecule is CSC1CCC(/C=C/c2ccc(C(F)(F)F)cc2)OC1. The summed E-state index contributed by atoms with van der Waals surface area (Å²) in [5.74, 6) is 0. The molecule has 0 amide bonds. The van der Waals surface area contributed by atoms with Gasteiger partial charge in [-0.25, -0.2) is 0 Å². The van der Waals surface area contributed by atoms with Crippen molar-refractivity contribution in [1.82, 2.24) is 0 Å². The van der Waals surface area contributed by atoms with Crippen LogP contribution in [-0.4, -0.2) is 24.2 Å². The number of benzene rings is 1. The van der Waals surface area contributed by atoms with Crippen molar-refractivity contribution >= 4 is 17.8 Å². The highest BCUT2D eigenvalue weighted by Gasteiger charge is 2.29. The Labute approximate surface area is 121 Å². The minimum absolute atomic E-state index is 0.0701. The molecule has 0 N–H and O–H groups in total. The van der Waals surface area contributed by atoms with Crippen LogP contribution in [0.1, 0.15) is 24.0 Å². The molecule has 1 fully saturated rings. The fourth-order valence-electron chi connectivity index (χ4n) is 2.09. The van der Waals surface area contributed by atoms with Crippen LogP contribution in [-0.2, 0) is 10.9 Å². The van der Waals surface area contributed by atoms with Gasteiger partial charge in [-0.15, -0.1) is 0 Å². The Bertz CT molecular complexity index is 445. The molecule has 1 aliphatic rings. The molecule has 0 aliphatic carbocycles. The number of thioether (sulfide) groups is 1. The van der Waals surface area contributed by atoms with Crippen LogP contribution in [0, 0.1) is 0 Å². The third-order valence-electron chi connectivity index (χ3n) is 3.34. The maximum Gasteiger partial charge on any atom is 0.416 e. The van der Waals surface area contributed by atoms with Crippen LogP contribution in [0.25, 0.3) is 6.08 Å². The van der Waals surface area contributed by atoms with Crippen LogP contribution < -0.4 is 0 Å². The standard InChI is InChI=1S/C15H17F3OS/c1-20-14-9-8-13(19-10-14)7-4-11-2-5-12(6-3-11)15(16,17)18/h2-7,13-14H,8-10H2,1H3/b7-4+. The van der Waals surface area contributed by atoms with Crippen molar-refractivity contribution in [2.75, 3.05) is 12.9 Å². The zero-order valence-corrected chi connectivity index (χ0v) is 12.0. The molecule has 0 radical (unpaired) electrons. The average molecular weight is 302 g/mol. The van der Waals surface area contributed by atoms with Gasteiger partial charge in [-0.3, -0.25) is 0 Å². The Morgan fingerprint density at radius 1 is 1.20 bits per heavy atom. The Morgan fingerprint density at radius 2 is 1.90 bits per heavy atom. The highest BCUT2D eigenvalue weighted by Crippen LogP contribution is 2.29. The lowest BCUT2D eigenvalue weighted by Gasteiger charge is -2.25. The van der Waals surface area contributed by atoms with Crippen molar-refractivity contribution in [1.29, 1.82) is 0 Å². The number of hydrogen-bond acceptors (Lipinski definition) is 2. The van der Waals surface area contributed by atoms with Gasteiger partial charge < -0.3 is 4.74 Å². The van der Waals surface area contributed by atoms with Gasteiger partial charge in [0.1, 0.15) is 0 Å². The molecule has 0 spiro atoms. The van der Waals surface area contributed by atoms with Gasteiger partial charge >= 0.3 is 6.18 Å². The predicted octanol–water partition coefficient (Wildman–Crippen LogP) is 4.63. The minimum Gasteiger partial charge on any atom is -0.373 e. The maximum absolute atomic E-state index is 12.4. The lowest BCUT2D eigenvalue weighted by molar-refractivity contribution is -0.137. The second-order valence-electron chi connectivity index (χ2n) is 4.79. The summed E-state index contributed by atoms with van der Waals surface area (Å²) in [6.07, 6.45) is 3.70. The van der Waals surface area contributed by atoms with Gasteiger partial charge in [0.2, 0.25) is 0 Å². The van der Waals surface area contributed by atoms with E-state index in [2.05, 4.69) is 6.26 Å². The van der Waals surface area contributed by atoms with Crippen molar-refractivity contribution in [3.63, 3.8) is 0 Å². The van der Waals surface area contributed by atoms with Crippen molar-refractivity contribution < 1.29 is 17.9 Å². The molecule has 0 saturated carbocycles. The van der Waals surface area contributed by atoms with Crippen LogP contribution in [0.3, 0.4) is 0 Å². The third-order valence-corrected chi connectivity index (χ3v) is 4.38. The van der Waals surface area contributed by atoms with E-state index in [4.69, 9.17) is 4.74 Å². The molecular weight excluding hydrogens is 285 g/mol. The molecule has 2 unspecified atom stereocenters. The van der Waals surface area contributed by atoms with Gasteiger partial charge in [0.25, 0.3) is 0 Å². The highest BCUT2D eigenvalue weighted by molar-refractivity contribution is 7.99. The van der Waals surface area contributed by atoms with E-state index in [0.717, 1.165) is 37.1 Å². The largest absolute Gasteiger partial charge is 0.416 e. The summed E-state index contributed by atoms with van der Waals surface area (Å²) in [7, 11) is 0. The Kier molecular flexibility index (Phi) is 5.16. The van der Waals surface area contributed by atoms with Crippen LogP contribution in [0.5, 0.6) is 0 Å². The number of ether oxygens (including phenoxy) is 1. The van der Waals surface area contributed by atoms with Crippen LogP contribution >= 0.6 is 11.8 Å². The molecule has 0 aromatic heterocycles. The zero-order valence-electron chi connectivity index (χ0n) is 11.2. The van der Waals surface area contributed by atoms with Gasteiger partial charge in [-0.1, -0.05) is 24.3 Å². The summed E-state index contributed by atoms with van der Waals surface area (Å²) < 4.78 is 43.0. The molecule has 2 rings (SSSR count). The van der Waals surface area contributed by atoms with Crippen molar-refractivity contribution in [2.45, 2.75) is 30.4 Å². The van der Waals surface area contributed by atoms with Crippen LogP contribution in [0.2, 0.25) is 0 Å². The van der Waals surface area contributed by atoms with E-state index in [9.17, 15) is 13.2 Å². The molecule has 0 bridgehead atoms. The predicted molar refractivity (Wildman–Crippen MR) is 76.8 cm³/mol. The first-order valence-electron chi connectivity index (χ1n) is 6.49. The van der Waals surface area contributed by atoms with Gasteiger partial charge in [-0.05, 0) is 36.8 Å². The zero-order chi connectivity index (χ0) is 14.6. The van der Waals surface area contributed by atoms with E-state index >= 15 is 0 Å². The van der Waals surface area contributed by atoms with Gasteiger partial charge in [0, 0.05) is 5.25 Å². The van der Waals surface area contributed by atoms with E-state index in [0.29, 0.717) is 5.25 Å². The first-order valence-corrected chi connectivity index (χ1v) is 7.77. The highest BCUT2D eigenvalue weighted by atomic mass is 32.2. The van der Waals surface area contributed by atoms with Gasteiger partial charge in [0.15, 0.2) is 0 Å². The summed E-state index contributed by atoms with van der Waals surface area (Å²) in [4.78, 5) is 0. The molecule has 1 heterocycles. The smallest absolute Gasteiger partial charge is 0.373 e. The molecule has 1 aliphatic heterocycles. The maximum atomic E-state index is 12.4. The lowest BCUT2D eigenvalue weighted by atomic mass is 10.1. The molecule has 110 valence electrons. The monoisotopic (exact) mass is 302 g/mol. The van der Waals surface area contributed by atoms with Crippen LogP contribution in [0.15, 0.2) is 30.3 Å². The fourth-order valence-corrected chi connectivity index (χ4v) is 2.67. The molecule has 5 heteroatoms. The molecule has 2 atom stereocenters. The van der Waals surface area contributed by atoms with E-state index < -0.39 is 11.7 Å². The van der Waals surface area contributed by atoms with Gasteiger partial charge in [0.05, 0.1) is 18.3 Å². The number of alkyl halides is 3. The first-order chi connectivity index (χ1) is 9.49. The summed E-state index contributed by atoms with van der Waals surface area (Å²) in [5, 5.41) is 0.561. The second-order valence-corrected chi connectivity index (χ2v) is 5.92. The Morgan fingerprint density at radius 3 is 2.40 bits per heavy atom. The lowest BCUT2D eigenvalue weighted by Crippen LogP contribution is -2.25. The molecule has 1 aromatic rings. The Hall–Kier alpha value is -0.940. The summed E-state index contributed by atoms with van der Waals surface area (Å²) in [6.45, 7) is 0.739. The molecule has 1 aromatic carbocycles. The van der Waals surface area contributed by atoms with Crippen molar-refractivity contribution in [3.8, 4) is 0 Å². The Balaban J connectivity index is 1.92. The van der Waals surface area contributed by atoms with Crippen molar-refractivity contribution in [2.24, 2.45) is 0 Å².